The third kappa shape index (κ3) is 2.90. The summed E-state index contributed by atoms with van der Waals surface area (Å²) in [5.74, 6) is 1.34. The molecule has 0 atom stereocenters. The van der Waals surface area contributed by atoms with E-state index in [1.165, 1.54) is 24.8 Å². The first kappa shape index (κ1) is 13.3. The zero-order valence-electron chi connectivity index (χ0n) is 11.5. The van der Waals surface area contributed by atoms with Crippen LogP contribution in [0.2, 0.25) is 5.28 Å². The molecule has 20 heavy (non-hydrogen) atoms. The predicted octanol–water partition coefficient (Wildman–Crippen LogP) is 3.49. The summed E-state index contributed by atoms with van der Waals surface area (Å²) in [6.07, 6.45) is 3.65. The molecular formula is C15H17ClN4. The van der Waals surface area contributed by atoms with Crippen molar-refractivity contribution in [3.05, 3.63) is 35.1 Å². The molecule has 1 aliphatic rings. The van der Waals surface area contributed by atoms with Crippen LogP contribution < -0.4 is 4.90 Å². The number of hydrogen-bond donors (Lipinski definition) is 0. The second kappa shape index (κ2) is 5.75. The second-order valence-corrected chi connectivity index (χ2v) is 5.48. The molecule has 2 heterocycles. The summed E-state index contributed by atoms with van der Waals surface area (Å²) in [6.45, 7) is 4.05. The minimum atomic E-state index is 0.260. The highest BCUT2D eigenvalue weighted by Crippen LogP contribution is 2.22. The van der Waals surface area contributed by atoms with Crippen molar-refractivity contribution in [1.29, 1.82) is 0 Å². The topological polar surface area (TPSA) is 41.9 Å². The molecule has 0 spiro atoms. The van der Waals surface area contributed by atoms with Crippen molar-refractivity contribution in [2.24, 2.45) is 0 Å². The molecule has 0 amide bonds. The van der Waals surface area contributed by atoms with Crippen molar-refractivity contribution in [2.45, 2.75) is 26.2 Å². The van der Waals surface area contributed by atoms with E-state index >= 15 is 0 Å². The van der Waals surface area contributed by atoms with E-state index < -0.39 is 0 Å². The lowest BCUT2D eigenvalue weighted by molar-refractivity contribution is 0.567. The van der Waals surface area contributed by atoms with Crippen molar-refractivity contribution >= 4 is 17.5 Å². The fourth-order valence-electron chi connectivity index (χ4n) is 2.41. The lowest BCUT2D eigenvalue weighted by atomic mass is 10.1. The molecule has 4 nitrogen and oxygen atoms in total. The lowest BCUT2D eigenvalue weighted by Crippen LogP contribution is -2.31. The highest BCUT2D eigenvalue weighted by atomic mass is 35.5. The molecule has 0 unspecified atom stereocenters. The van der Waals surface area contributed by atoms with Crippen LogP contribution in [0.5, 0.6) is 0 Å². The van der Waals surface area contributed by atoms with Gasteiger partial charge < -0.3 is 4.90 Å². The molecular weight excluding hydrogens is 272 g/mol. The summed E-state index contributed by atoms with van der Waals surface area (Å²) in [5, 5.41) is 0.260. The lowest BCUT2D eigenvalue weighted by Gasteiger charge is -2.26. The summed E-state index contributed by atoms with van der Waals surface area (Å²) in [4.78, 5) is 15.3. The monoisotopic (exact) mass is 288 g/mol. The smallest absolute Gasteiger partial charge is 0.230 e. The van der Waals surface area contributed by atoms with Gasteiger partial charge in [0.1, 0.15) is 0 Å². The zero-order valence-corrected chi connectivity index (χ0v) is 12.3. The van der Waals surface area contributed by atoms with Gasteiger partial charge in [-0.1, -0.05) is 29.8 Å². The van der Waals surface area contributed by atoms with Crippen molar-refractivity contribution in [3.63, 3.8) is 0 Å². The summed E-state index contributed by atoms with van der Waals surface area (Å²) in [6, 6.07) is 8.13. The Kier molecular flexibility index (Phi) is 3.83. The third-order valence-corrected chi connectivity index (χ3v) is 3.71. The van der Waals surface area contributed by atoms with E-state index in [9.17, 15) is 0 Å². The first-order valence-corrected chi connectivity index (χ1v) is 7.34. The summed E-state index contributed by atoms with van der Waals surface area (Å²) < 4.78 is 0. The van der Waals surface area contributed by atoms with Crippen LogP contribution in [-0.4, -0.2) is 28.0 Å². The van der Waals surface area contributed by atoms with Crippen LogP contribution in [-0.2, 0) is 0 Å². The van der Waals surface area contributed by atoms with E-state index in [0.717, 1.165) is 18.7 Å². The Morgan fingerprint density at radius 3 is 2.35 bits per heavy atom. The standard InChI is InChI=1S/C15H17ClN4/c1-11-5-7-12(8-6-11)13-17-14(16)19-15(18-13)20-9-3-2-4-10-20/h5-8H,2-4,9-10H2,1H3. The first-order chi connectivity index (χ1) is 9.72. The molecule has 0 bridgehead atoms. The van der Waals surface area contributed by atoms with E-state index in [1.54, 1.807) is 0 Å². The van der Waals surface area contributed by atoms with Gasteiger partial charge in [-0.05, 0) is 37.8 Å². The normalized spacial score (nSPS) is 15.4. The quantitative estimate of drug-likeness (QED) is 0.848. The fraction of sp³-hybridized carbons (Fsp3) is 0.400. The largest absolute Gasteiger partial charge is 0.341 e. The average Bonchev–Trinajstić information content (AvgIpc) is 2.48. The molecule has 0 radical (unpaired) electrons. The van der Waals surface area contributed by atoms with Crippen molar-refractivity contribution in [1.82, 2.24) is 15.0 Å². The van der Waals surface area contributed by atoms with Gasteiger partial charge in [0.05, 0.1) is 0 Å². The number of hydrogen-bond acceptors (Lipinski definition) is 4. The molecule has 1 aliphatic heterocycles. The number of aryl methyl sites for hydroxylation is 1. The van der Waals surface area contributed by atoms with Gasteiger partial charge in [0.2, 0.25) is 11.2 Å². The number of anilines is 1. The van der Waals surface area contributed by atoms with Gasteiger partial charge in [-0.2, -0.15) is 15.0 Å². The maximum atomic E-state index is 6.06. The van der Waals surface area contributed by atoms with E-state index in [4.69, 9.17) is 11.6 Å². The second-order valence-electron chi connectivity index (χ2n) is 5.14. The van der Waals surface area contributed by atoms with Crippen LogP contribution in [0, 0.1) is 6.92 Å². The van der Waals surface area contributed by atoms with Gasteiger partial charge in [-0.3, -0.25) is 0 Å². The first-order valence-electron chi connectivity index (χ1n) is 6.96. The Morgan fingerprint density at radius 1 is 0.950 bits per heavy atom. The van der Waals surface area contributed by atoms with E-state index in [1.807, 2.05) is 24.3 Å². The van der Waals surface area contributed by atoms with Gasteiger partial charge in [0.25, 0.3) is 0 Å². The van der Waals surface area contributed by atoms with E-state index in [-0.39, 0.29) is 5.28 Å². The predicted molar refractivity (Wildman–Crippen MR) is 81.1 cm³/mol. The number of nitrogens with zero attached hydrogens (tertiary/aromatic N) is 4. The SMILES string of the molecule is Cc1ccc(-c2nc(Cl)nc(N3CCCCC3)n2)cc1. The number of piperidine rings is 1. The van der Waals surface area contributed by atoms with Gasteiger partial charge in [-0.15, -0.1) is 0 Å². The average molecular weight is 289 g/mol. The molecule has 0 N–H and O–H groups in total. The van der Waals surface area contributed by atoms with E-state index in [0.29, 0.717) is 11.8 Å². The maximum Gasteiger partial charge on any atom is 0.230 e. The van der Waals surface area contributed by atoms with Crippen molar-refractivity contribution in [2.75, 3.05) is 18.0 Å². The Bertz CT molecular complexity index is 591. The Balaban J connectivity index is 1.95. The minimum absolute atomic E-state index is 0.260. The van der Waals surface area contributed by atoms with Crippen LogP contribution in [0.25, 0.3) is 11.4 Å². The van der Waals surface area contributed by atoms with Crippen LogP contribution in [0.15, 0.2) is 24.3 Å². The molecule has 5 heteroatoms. The van der Waals surface area contributed by atoms with Gasteiger partial charge >= 0.3 is 0 Å². The molecule has 3 rings (SSSR count). The number of benzene rings is 1. The fourth-order valence-corrected chi connectivity index (χ4v) is 2.56. The molecule has 1 aromatic heterocycles. The van der Waals surface area contributed by atoms with Gasteiger partial charge in [0.15, 0.2) is 5.82 Å². The van der Waals surface area contributed by atoms with Crippen LogP contribution >= 0.6 is 11.6 Å². The highest BCUT2D eigenvalue weighted by molar-refractivity contribution is 6.28. The maximum absolute atomic E-state index is 6.06. The molecule has 0 aliphatic carbocycles. The van der Waals surface area contributed by atoms with Crippen molar-refractivity contribution in [3.8, 4) is 11.4 Å². The summed E-state index contributed by atoms with van der Waals surface area (Å²) in [7, 11) is 0. The molecule has 0 saturated carbocycles. The number of aromatic nitrogens is 3. The van der Waals surface area contributed by atoms with Crippen LogP contribution in [0.1, 0.15) is 24.8 Å². The molecule has 1 fully saturated rings. The summed E-state index contributed by atoms with van der Waals surface area (Å²) in [5.41, 5.74) is 2.18. The Hall–Kier alpha value is -1.68. The van der Waals surface area contributed by atoms with Crippen LogP contribution in [0.3, 0.4) is 0 Å². The Labute approximate surface area is 123 Å². The number of halogens is 1. The van der Waals surface area contributed by atoms with Crippen LogP contribution in [0.4, 0.5) is 5.95 Å². The molecule has 104 valence electrons. The van der Waals surface area contributed by atoms with Gasteiger partial charge in [-0.25, -0.2) is 0 Å². The highest BCUT2D eigenvalue weighted by Gasteiger charge is 2.16. The number of rotatable bonds is 2. The summed E-state index contributed by atoms with van der Waals surface area (Å²) >= 11 is 6.06. The van der Waals surface area contributed by atoms with E-state index in [2.05, 4.69) is 26.8 Å². The molecule has 2 aromatic rings. The Morgan fingerprint density at radius 2 is 1.65 bits per heavy atom. The molecule has 1 saturated heterocycles. The molecule has 1 aromatic carbocycles. The zero-order chi connectivity index (χ0) is 13.9. The van der Waals surface area contributed by atoms with Gasteiger partial charge in [0, 0.05) is 18.7 Å². The van der Waals surface area contributed by atoms with Crippen molar-refractivity contribution < 1.29 is 0 Å². The minimum Gasteiger partial charge on any atom is -0.341 e. The third-order valence-electron chi connectivity index (χ3n) is 3.54.